The number of piperidine rings is 1. The van der Waals surface area contributed by atoms with Crippen LogP contribution < -0.4 is 15.8 Å². The third-order valence-corrected chi connectivity index (χ3v) is 5.51. The third-order valence-electron chi connectivity index (χ3n) is 5.22. The van der Waals surface area contributed by atoms with Crippen LogP contribution in [-0.2, 0) is 0 Å². The summed E-state index contributed by atoms with van der Waals surface area (Å²) in [5, 5.41) is 3.58. The van der Waals surface area contributed by atoms with Crippen molar-refractivity contribution in [2.24, 2.45) is 0 Å². The van der Waals surface area contributed by atoms with Crippen LogP contribution in [0.15, 0.2) is 18.3 Å². The van der Waals surface area contributed by atoms with Gasteiger partial charge < -0.3 is 20.7 Å². The van der Waals surface area contributed by atoms with Gasteiger partial charge in [0.2, 0.25) is 5.95 Å². The van der Waals surface area contributed by atoms with E-state index in [0.29, 0.717) is 16.9 Å². The van der Waals surface area contributed by atoms with Gasteiger partial charge in [-0.15, -0.1) is 0 Å². The number of halogens is 1. The summed E-state index contributed by atoms with van der Waals surface area (Å²) >= 11 is 5.93. The average molecular weight is 404 g/mol. The van der Waals surface area contributed by atoms with E-state index in [-0.39, 0.29) is 11.9 Å². The first-order valence-corrected chi connectivity index (χ1v) is 10.3. The van der Waals surface area contributed by atoms with Gasteiger partial charge in [-0.05, 0) is 82.4 Å². The van der Waals surface area contributed by atoms with E-state index in [2.05, 4.69) is 46.2 Å². The molecular formula is C21H30ClN5O. The van der Waals surface area contributed by atoms with Crippen LogP contribution in [0.5, 0.6) is 5.75 Å². The molecule has 6 nitrogen and oxygen atoms in total. The first-order valence-electron chi connectivity index (χ1n) is 9.96. The number of aryl methyl sites for hydroxylation is 1. The molecule has 3 N–H and O–H groups in total. The maximum absolute atomic E-state index is 6.11. The Labute approximate surface area is 172 Å². The maximum atomic E-state index is 6.11. The van der Waals surface area contributed by atoms with E-state index in [4.69, 9.17) is 22.1 Å². The van der Waals surface area contributed by atoms with Gasteiger partial charge in [-0.25, -0.2) is 4.98 Å². The molecule has 0 aliphatic carbocycles. The van der Waals surface area contributed by atoms with Crippen LogP contribution in [0.2, 0.25) is 5.02 Å². The molecule has 1 aromatic carbocycles. The van der Waals surface area contributed by atoms with Crippen LogP contribution in [0.25, 0.3) is 0 Å². The summed E-state index contributed by atoms with van der Waals surface area (Å²) in [6, 6.07) is 4.30. The predicted molar refractivity (Wildman–Crippen MR) is 116 cm³/mol. The van der Waals surface area contributed by atoms with Crippen LogP contribution in [-0.4, -0.2) is 40.6 Å². The minimum atomic E-state index is 0.0641. The van der Waals surface area contributed by atoms with Crippen molar-refractivity contribution in [2.75, 3.05) is 30.7 Å². The van der Waals surface area contributed by atoms with E-state index < -0.39 is 0 Å². The standard InChI is InChI=1S/C21H30ClN5O/c1-5-27-8-6-15(7-9-27)16-11-19(28-13(2)3)18(10-14(16)4)25-21-24-12-17(22)20(23)26-21/h10-13,15H,5-9H2,1-4H3,(H3,23,24,25,26). The lowest BCUT2D eigenvalue weighted by Crippen LogP contribution is -2.32. The summed E-state index contributed by atoms with van der Waals surface area (Å²) in [6.07, 6.45) is 3.92. The molecule has 1 fully saturated rings. The van der Waals surface area contributed by atoms with Gasteiger partial charge in [0.25, 0.3) is 0 Å². The lowest BCUT2D eigenvalue weighted by molar-refractivity contribution is 0.221. The number of likely N-dealkylation sites (tertiary alicyclic amines) is 1. The van der Waals surface area contributed by atoms with E-state index in [9.17, 15) is 0 Å². The molecule has 0 amide bonds. The molecule has 28 heavy (non-hydrogen) atoms. The van der Waals surface area contributed by atoms with Gasteiger partial charge in [-0.3, -0.25) is 0 Å². The molecule has 2 heterocycles. The topological polar surface area (TPSA) is 76.3 Å². The highest BCUT2D eigenvalue weighted by Crippen LogP contribution is 2.38. The third kappa shape index (κ3) is 4.86. The van der Waals surface area contributed by atoms with Gasteiger partial charge >= 0.3 is 0 Å². The Bertz CT molecular complexity index is 819. The summed E-state index contributed by atoms with van der Waals surface area (Å²) in [4.78, 5) is 10.9. The predicted octanol–water partition coefficient (Wildman–Crippen LogP) is 4.75. The van der Waals surface area contributed by atoms with Crippen molar-refractivity contribution in [1.29, 1.82) is 0 Å². The summed E-state index contributed by atoms with van der Waals surface area (Å²) in [6.45, 7) is 11.9. The second-order valence-electron chi connectivity index (χ2n) is 7.63. The van der Waals surface area contributed by atoms with Crippen molar-refractivity contribution in [3.63, 3.8) is 0 Å². The number of rotatable bonds is 6. The van der Waals surface area contributed by atoms with Crippen LogP contribution in [0.3, 0.4) is 0 Å². The Kier molecular flexibility index (Phi) is 6.62. The van der Waals surface area contributed by atoms with Crippen molar-refractivity contribution in [1.82, 2.24) is 14.9 Å². The molecule has 2 aromatic rings. The number of benzene rings is 1. The number of nitrogens with zero attached hydrogens (tertiary/aromatic N) is 3. The molecule has 1 aliphatic heterocycles. The molecule has 152 valence electrons. The van der Waals surface area contributed by atoms with Crippen molar-refractivity contribution < 1.29 is 4.74 Å². The van der Waals surface area contributed by atoms with Gasteiger partial charge in [-0.2, -0.15) is 4.98 Å². The number of hydrogen-bond donors (Lipinski definition) is 2. The molecule has 0 unspecified atom stereocenters. The zero-order valence-corrected chi connectivity index (χ0v) is 17.9. The normalized spacial score (nSPS) is 15.8. The number of aromatic nitrogens is 2. The Balaban J connectivity index is 1.89. The Morgan fingerprint density at radius 2 is 2.04 bits per heavy atom. The molecule has 0 atom stereocenters. The highest BCUT2D eigenvalue weighted by molar-refractivity contribution is 6.32. The van der Waals surface area contributed by atoms with Crippen molar-refractivity contribution in [2.45, 2.75) is 52.6 Å². The molecule has 0 spiro atoms. The minimum Gasteiger partial charge on any atom is -0.489 e. The van der Waals surface area contributed by atoms with Gasteiger partial charge in [0.1, 0.15) is 16.6 Å². The maximum Gasteiger partial charge on any atom is 0.229 e. The number of nitrogens with one attached hydrogen (secondary N) is 1. The van der Waals surface area contributed by atoms with Crippen molar-refractivity contribution >= 4 is 29.1 Å². The molecule has 0 radical (unpaired) electrons. The highest BCUT2D eigenvalue weighted by Gasteiger charge is 2.23. The van der Waals surface area contributed by atoms with Gasteiger partial charge in [0, 0.05) is 0 Å². The molecule has 1 saturated heterocycles. The fourth-order valence-electron chi connectivity index (χ4n) is 3.71. The van der Waals surface area contributed by atoms with Gasteiger partial charge in [0.15, 0.2) is 0 Å². The van der Waals surface area contributed by atoms with E-state index >= 15 is 0 Å². The lowest BCUT2D eigenvalue weighted by Gasteiger charge is -2.32. The lowest BCUT2D eigenvalue weighted by atomic mass is 9.86. The number of nitrogens with two attached hydrogens (primary N) is 1. The smallest absolute Gasteiger partial charge is 0.229 e. The zero-order valence-electron chi connectivity index (χ0n) is 17.1. The Hall–Kier alpha value is -2.05. The molecule has 1 aromatic heterocycles. The number of anilines is 3. The van der Waals surface area contributed by atoms with E-state index in [0.717, 1.165) is 31.1 Å². The van der Waals surface area contributed by atoms with Crippen LogP contribution in [0.1, 0.15) is 50.7 Å². The van der Waals surface area contributed by atoms with Gasteiger partial charge in [-0.1, -0.05) is 18.5 Å². The molecule has 0 bridgehead atoms. The van der Waals surface area contributed by atoms with Crippen LogP contribution in [0.4, 0.5) is 17.5 Å². The summed E-state index contributed by atoms with van der Waals surface area (Å²) in [5.74, 6) is 2.03. The SMILES string of the molecule is CCN1CCC(c2cc(OC(C)C)c(Nc3ncc(Cl)c(N)n3)cc2C)CC1. The minimum absolute atomic E-state index is 0.0641. The first-order chi connectivity index (χ1) is 13.4. The summed E-state index contributed by atoms with van der Waals surface area (Å²) in [5.41, 5.74) is 9.26. The summed E-state index contributed by atoms with van der Waals surface area (Å²) in [7, 11) is 0. The first kappa shape index (κ1) is 20.7. The van der Waals surface area contributed by atoms with E-state index in [1.54, 1.807) is 0 Å². The second kappa shape index (κ2) is 8.97. The van der Waals surface area contributed by atoms with Gasteiger partial charge in [0.05, 0.1) is 18.0 Å². The Morgan fingerprint density at radius 3 is 2.64 bits per heavy atom. The monoisotopic (exact) mass is 403 g/mol. The second-order valence-corrected chi connectivity index (χ2v) is 8.04. The summed E-state index contributed by atoms with van der Waals surface area (Å²) < 4.78 is 6.11. The zero-order chi connectivity index (χ0) is 20.3. The van der Waals surface area contributed by atoms with Crippen LogP contribution in [0, 0.1) is 6.92 Å². The van der Waals surface area contributed by atoms with E-state index in [1.807, 2.05) is 13.8 Å². The molecule has 7 heteroatoms. The molecular weight excluding hydrogens is 374 g/mol. The average Bonchev–Trinajstić information content (AvgIpc) is 2.66. The Morgan fingerprint density at radius 1 is 1.32 bits per heavy atom. The molecule has 1 aliphatic rings. The largest absolute Gasteiger partial charge is 0.489 e. The van der Waals surface area contributed by atoms with E-state index in [1.165, 1.54) is 30.2 Å². The van der Waals surface area contributed by atoms with Crippen molar-refractivity contribution in [3.05, 3.63) is 34.5 Å². The fraction of sp³-hybridized carbons (Fsp3) is 0.524. The molecule has 3 rings (SSSR count). The number of nitrogen functional groups attached to an aromatic ring is 1. The highest BCUT2D eigenvalue weighted by atomic mass is 35.5. The fourth-order valence-corrected chi connectivity index (χ4v) is 3.80. The quantitative estimate of drug-likeness (QED) is 0.724. The number of ether oxygens (including phenoxy) is 1. The van der Waals surface area contributed by atoms with Crippen LogP contribution >= 0.6 is 11.6 Å². The number of hydrogen-bond acceptors (Lipinski definition) is 6. The van der Waals surface area contributed by atoms with Crippen molar-refractivity contribution in [3.8, 4) is 5.75 Å². The molecule has 0 saturated carbocycles.